The van der Waals surface area contributed by atoms with Crippen molar-refractivity contribution in [2.75, 3.05) is 6.54 Å². The van der Waals surface area contributed by atoms with E-state index >= 15 is 0 Å². The molecule has 148 valence electrons. The highest BCUT2D eigenvalue weighted by Gasteiger charge is 2.34. The Hall–Kier alpha value is -3.03. The highest BCUT2D eigenvalue weighted by atomic mass is 35.5. The summed E-state index contributed by atoms with van der Waals surface area (Å²) in [6, 6.07) is 9.28. The zero-order valence-electron chi connectivity index (χ0n) is 16.9. The Balaban J connectivity index is 2.07. The van der Waals surface area contributed by atoms with E-state index in [0.29, 0.717) is 46.2 Å². The minimum Gasteiger partial charge on any atom is -0.457 e. The number of nitrogens with zero attached hydrogens (tertiary/aromatic N) is 1. The highest BCUT2D eigenvalue weighted by molar-refractivity contribution is 6.31. The summed E-state index contributed by atoms with van der Waals surface area (Å²) < 4.78 is 5.97. The standard InChI is InChI=1S/C24H22ClNO3/c1-5-8-19-15(3)20(24(28)26(13-6-2)23(19)27)14-17-11-12-22(29-17)18-9-7-10-21(25)16(18)4/h7,9-12,14H,6,13H2,1-4H3/b20-14+. The van der Waals surface area contributed by atoms with E-state index in [4.69, 9.17) is 16.0 Å². The maximum absolute atomic E-state index is 13.0. The molecule has 2 heterocycles. The molecule has 0 radical (unpaired) electrons. The molecule has 3 rings (SSSR count). The van der Waals surface area contributed by atoms with Gasteiger partial charge in [0.05, 0.1) is 5.57 Å². The van der Waals surface area contributed by atoms with Gasteiger partial charge in [0.2, 0.25) is 0 Å². The van der Waals surface area contributed by atoms with Crippen LogP contribution >= 0.6 is 11.6 Å². The number of halogens is 1. The maximum Gasteiger partial charge on any atom is 0.269 e. The third kappa shape index (κ3) is 3.92. The molecule has 1 aliphatic heterocycles. The molecule has 0 atom stereocenters. The van der Waals surface area contributed by atoms with Crippen LogP contribution in [-0.4, -0.2) is 23.3 Å². The van der Waals surface area contributed by atoms with Crippen molar-refractivity contribution in [3.05, 3.63) is 63.4 Å². The predicted molar refractivity (Wildman–Crippen MR) is 115 cm³/mol. The van der Waals surface area contributed by atoms with Crippen LogP contribution in [0.15, 0.2) is 51.5 Å². The number of hydrogen-bond donors (Lipinski definition) is 0. The lowest BCUT2D eigenvalue weighted by Gasteiger charge is -2.27. The minimum atomic E-state index is -0.337. The van der Waals surface area contributed by atoms with Gasteiger partial charge in [-0.3, -0.25) is 14.5 Å². The number of benzene rings is 1. The molecule has 1 aromatic heterocycles. The van der Waals surface area contributed by atoms with Gasteiger partial charge in [-0.15, -0.1) is 5.92 Å². The fourth-order valence-electron chi connectivity index (χ4n) is 3.29. The predicted octanol–water partition coefficient (Wildman–Crippen LogP) is 5.41. The lowest BCUT2D eigenvalue weighted by molar-refractivity contribution is -0.140. The van der Waals surface area contributed by atoms with Crippen LogP contribution in [-0.2, 0) is 9.59 Å². The molecule has 0 saturated heterocycles. The van der Waals surface area contributed by atoms with Crippen LogP contribution in [0.3, 0.4) is 0 Å². The number of amides is 2. The SMILES string of the molecule is CC#CC1=C(C)/C(=C\c2ccc(-c3cccc(Cl)c3C)o2)C(=O)N(CCC)C1=O. The van der Waals surface area contributed by atoms with Crippen molar-refractivity contribution in [2.24, 2.45) is 0 Å². The van der Waals surface area contributed by atoms with Crippen molar-refractivity contribution in [1.29, 1.82) is 0 Å². The number of carbonyl (C=O) groups excluding carboxylic acids is 2. The molecule has 4 nitrogen and oxygen atoms in total. The van der Waals surface area contributed by atoms with Crippen LogP contribution in [0.5, 0.6) is 0 Å². The molecule has 1 aromatic carbocycles. The first-order valence-corrected chi connectivity index (χ1v) is 9.84. The van der Waals surface area contributed by atoms with E-state index < -0.39 is 0 Å². The Labute approximate surface area is 175 Å². The number of rotatable bonds is 4. The summed E-state index contributed by atoms with van der Waals surface area (Å²) in [5, 5.41) is 0.663. The van der Waals surface area contributed by atoms with Crippen LogP contribution in [0.25, 0.3) is 17.4 Å². The van der Waals surface area contributed by atoms with E-state index in [1.165, 1.54) is 4.90 Å². The Morgan fingerprint density at radius 3 is 2.59 bits per heavy atom. The Morgan fingerprint density at radius 1 is 1.14 bits per heavy atom. The molecule has 29 heavy (non-hydrogen) atoms. The van der Waals surface area contributed by atoms with E-state index in [-0.39, 0.29) is 11.8 Å². The van der Waals surface area contributed by atoms with Crippen molar-refractivity contribution >= 4 is 29.5 Å². The number of carbonyl (C=O) groups is 2. The summed E-state index contributed by atoms with van der Waals surface area (Å²) in [5.41, 5.74) is 3.15. The molecular weight excluding hydrogens is 386 g/mol. The van der Waals surface area contributed by atoms with Crippen molar-refractivity contribution in [2.45, 2.75) is 34.1 Å². The van der Waals surface area contributed by atoms with Gasteiger partial charge in [0.15, 0.2) is 0 Å². The monoisotopic (exact) mass is 407 g/mol. The summed E-state index contributed by atoms with van der Waals surface area (Å²) in [4.78, 5) is 26.9. The molecule has 0 bridgehead atoms. The molecule has 2 amide bonds. The Morgan fingerprint density at radius 2 is 1.90 bits per heavy atom. The fourth-order valence-corrected chi connectivity index (χ4v) is 3.46. The largest absolute Gasteiger partial charge is 0.457 e. The molecule has 1 aliphatic rings. The third-order valence-corrected chi connectivity index (χ3v) is 5.27. The van der Waals surface area contributed by atoms with Gasteiger partial charge in [-0.05, 0) is 62.6 Å². The highest BCUT2D eigenvalue weighted by Crippen LogP contribution is 2.32. The van der Waals surface area contributed by atoms with Crippen LogP contribution in [0, 0.1) is 18.8 Å². The maximum atomic E-state index is 13.0. The first kappa shape index (κ1) is 20.7. The molecule has 0 saturated carbocycles. The van der Waals surface area contributed by atoms with Crippen LogP contribution in [0.1, 0.15) is 38.5 Å². The van der Waals surface area contributed by atoms with E-state index in [1.807, 2.05) is 38.1 Å². The molecule has 0 N–H and O–H groups in total. The summed E-state index contributed by atoms with van der Waals surface area (Å²) in [6.07, 6.45) is 2.35. The molecule has 2 aromatic rings. The van der Waals surface area contributed by atoms with Crippen molar-refractivity contribution in [3.63, 3.8) is 0 Å². The summed E-state index contributed by atoms with van der Waals surface area (Å²) in [5.74, 6) is 6.15. The van der Waals surface area contributed by atoms with Crippen LogP contribution in [0.4, 0.5) is 0 Å². The van der Waals surface area contributed by atoms with Gasteiger partial charge in [0.1, 0.15) is 11.5 Å². The molecule has 0 unspecified atom stereocenters. The molecule has 0 aliphatic carbocycles. The molecule has 5 heteroatoms. The smallest absolute Gasteiger partial charge is 0.269 e. The van der Waals surface area contributed by atoms with Gasteiger partial charge in [0, 0.05) is 22.7 Å². The lowest BCUT2D eigenvalue weighted by atomic mass is 9.94. The second kappa shape index (κ2) is 8.55. The van der Waals surface area contributed by atoms with E-state index in [9.17, 15) is 9.59 Å². The number of imide groups is 1. The number of hydrogen-bond acceptors (Lipinski definition) is 3. The second-order valence-electron chi connectivity index (χ2n) is 6.81. The lowest BCUT2D eigenvalue weighted by Crippen LogP contribution is -2.43. The normalized spacial score (nSPS) is 15.8. The average molecular weight is 408 g/mol. The first-order valence-electron chi connectivity index (χ1n) is 9.46. The van der Waals surface area contributed by atoms with Crippen molar-refractivity contribution in [1.82, 2.24) is 4.90 Å². The van der Waals surface area contributed by atoms with Crippen LogP contribution in [0.2, 0.25) is 5.02 Å². The van der Waals surface area contributed by atoms with Gasteiger partial charge in [-0.2, -0.15) is 0 Å². The fraction of sp³-hybridized carbons (Fsp3) is 0.250. The summed E-state index contributed by atoms with van der Waals surface area (Å²) in [6.45, 7) is 7.62. The molecule has 0 spiro atoms. The van der Waals surface area contributed by atoms with Crippen LogP contribution < -0.4 is 0 Å². The topological polar surface area (TPSA) is 50.5 Å². The minimum absolute atomic E-state index is 0.326. The Kier molecular flexibility index (Phi) is 6.10. The van der Waals surface area contributed by atoms with Crippen molar-refractivity contribution in [3.8, 4) is 23.2 Å². The third-order valence-electron chi connectivity index (χ3n) is 4.86. The summed E-state index contributed by atoms with van der Waals surface area (Å²) in [7, 11) is 0. The van der Waals surface area contributed by atoms with Gasteiger partial charge >= 0.3 is 0 Å². The van der Waals surface area contributed by atoms with Crippen molar-refractivity contribution < 1.29 is 14.0 Å². The van der Waals surface area contributed by atoms with Gasteiger partial charge < -0.3 is 4.42 Å². The van der Waals surface area contributed by atoms with Gasteiger partial charge in [-0.1, -0.05) is 36.6 Å². The zero-order chi connectivity index (χ0) is 21.1. The zero-order valence-corrected chi connectivity index (χ0v) is 17.7. The second-order valence-corrected chi connectivity index (χ2v) is 7.22. The van der Waals surface area contributed by atoms with Gasteiger partial charge in [-0.25, -0.2) is 0 Å². The van der Waals surface area contributed by atoms with E-state index in [2.05, 4.69) is 11.8 Å². The quantitative estimate of drug-likeness (QED) is 0.386. The average Bonchev–Trinajstić information content (AvgIpc) is 3.16. The summed E-state index contributed by atoms with van der Waals surface area (Å²) >= 11 is 6.21. The Bertz CT molecular complexity index is 1110. The molecule has 0 fully saturated rings. The first-order chi connectivity index (χ1) is 13.9. The molecular formula is C24H22ClNO3. The van der Waals surface area contributed by atoms with Gasteiger partial charge in [0.25, 0.3) is 11.8 Å². The number of furan rings is 1. The van der Waals surface area contributed by atoms with E-state index in [1.54, 1.807) is 26.0 Å². The van der Waals surface area contributed by atoms with E-state index in [0.717, 1.165) is 11.1 Å².